The molecule has 0 radical (unpaired) electrons. The molecule has 0 amide bonds. The first-order chi connectivity index (χ1) is 71.4. The minimum Gasteiger partial charge on any atom is -0.393 e. The zero-order chi connectivity index (χ0) is 98.9. The van der Waals surface area contributed by atoms with Gasteiger partial charge in [-0.25, -0.2) is 19.9 Å². The molecule has 8 N–H and O–H groups in total. The smallest absolute Gasteiger partial charge is 0.260 e. The molecule has 9 aliphatic carbocycles. The molecule has 12 aromatic rings. The maximum absolute atomic E-state index is 14.1. The summed E-state index contributed by atoms with van der Waals surface area (Å²) in [6.07, 6.45) is 33.8. The number of fused-ring (bicyclic) bond motifs is 16. The quantitative estimate of drug-likeness (QED) is 0.0260. The molecule has 16 fully saturated rings. The molecule has 0 atom stereocenters. The van der Waals surface area contributed by atoms with Gasteiger partial charge < -0.3 is 66.0 Å². The summed E-state index contributed by atoms with van der Waals surface area (Å²) in [5, 5.41) is 64.4. The number of aliphatic hydroxyl groups is 4. The van der Waals surface area contributed by atoms with Gasteiger partial charge in [-0.05, 0) is 300 Å². The standard InChI is InChI=1S/C29H38N6O2.C28H36N6O3.C28H36N6O2.C28H38N6O2/c36-23-6-4-22(5-7-23)35-27-26(17-31-29(32-27)30-16-19-1-2-19)24-8-3-20(15-25(24)28(35)37)18-34-14-13-33-11-9-21(34)10-12-33;35-22-6-3-19(4-7-22)34-26-25(15-30-28(31-26)29-14-18-1-2-18)23-8-5-20(13-24(23)27(34)36)32-9-11-33(12-10-32)21-16-37-17-21;35-22-8-5-20(6-9-22)34-26-25(17-30-28(31-26)29-16-18-1-2-18)23-10-7-21(15-24(23)27(34)36)33-13-11-32(12-14-33)19-3-4-19;1-18(2)32-11-13-33(14-12-32)21-7-10-23-24(15-21)27(36)34(20-5-8-22(35)9-6-20)26-25(23)17-30-28(31-26)29-16-19-3-4-19/h3,8,15,17,19,21-23,36H,1-2,4-7,9-14,16,18H2,(H,30,31,32);5,8,13,15,18-19,21-22,35H,1-4,6-7,9-12,14,16-17H2,(H,29,30,31);7,10,15,17-20,22,35H,1-6,8-9,11-14,16H2,(H,29,30,31);7,10,15,17-20,22,35H,3-6,8-9,11-14,16H2,1-2H3,(H,29,30,31). The Kier molecular flexibility index (Phi) is 28.3. The number of pyridine rings is 4. The van der Waals surface area contributed by atoms with Crippen molar-refractivity contribution < 1.29 is 25.2 Å². The molecule has 146 heavy (non-hydrogen) atoms. The van der Waals surface area contributed by atoms with Crippen LogP contribution in [0.5, 0.6) is 0 Å². The molecule has 0 unspecified atom stereocenters. The van der Waals surface area contributed by atoms with E-state index in [-0.39, 0.29) is 70.8 Å². The van der Waals surface area contributed by atoms with Gasteiger partial charge in [-0.1, -0.05) is 30.3 Å². The van der Waals surface area contributed by atoms with Crippen LogP contribution in [0.4, 0.5) is 40.9 Å². The van der Waals surface area contributed by atoms with Crippen molar-refractivity contribution in [2.24, 2.45) is 23.7 Å². The lowest BCUT2D eigenvalue weighted by Gasteiger charge is -2.43. The van der Waals surface area contributed by atoms with Gasteiger partial charge in [0.15, 0.2) is 0 Å². The molecular weight excluding hydrogens is 1840 g/mol. The summed E-state index contributed by atoms with van der Waals surface area (Å²) >= 11 is 0. The summed E-state index contributed by atoms with van der Waals surface area (Å²) in [6, 6.07) is 28.1. The fraction of sp³-hybridized carbons (Fsp3) is 0.611. The van der Waals surface area contributed by atoms with E-state index in [0.717, 1.165) is 308 Å². The van der Waals surface area contributed by atoms with Crippen molar-refractivity contribution in [1.82, 2.24) is 82.6 Å². The van der Waals surface area contributed by atoms with Crippen LogP contribution in [0, 0.1) is 23.7 Å². The van der Waals surface area contributed by atoms with E-state index in [0.29, 0.717) is 108 Å². The second-order valence-electron chi connectivity index (χ2n) is 45.8. The van der Waals surface area contributed by atoms with E-state index in [1.165, 1.54) is 95.7 Å². The number of ether oxygens (including phenoxy) is 1. The van der Waals surface area contributed by atoms with Crippen molar-refractivity contribution in [3.8, 4) is 0 Å². The lowest BCUT2D eigenvalue weighted by molar-refractivity contribution is -0.0660. The predicted octanol–water partition coefficient (Wildman–Crippen LogP) is 13.6. The average Bonchev–Trinajstić information content (AvgIpc) is 1.40. The molecule has 4 aromatic carbocycles. The van der Waals surface area contributed by atoms with Crippen LogP contribution in [0.1, 0.15) is 223 Å². The number of aliphatic hydroxyl groups excluding tert-OH is 4. The third kappa shape index (κ3) is 21.3. The number of hydrogen-bond donors (Lipinski definition) is 8. The van der Waals surface area contributed by atoms with Crippen molar-refractivity contribution >= 4 is 128 Å². The molecule has 7 saturated heterocycles. The van der Waals surface area contributed by atoms with Gasteiger partial charge in [0.05, 0.1) is 59.8 Å². The molecular formula is C113H148N24O9. The van der Waals surface area contributed by atoms with Gasteiger partial charge in [0, 0.05) is 235 Å². The number of nitrogens with one attached hydrogen (secondary N) is 4. The highest BCUT2D eigenvalue weighted by molar-refractivity contribution is 6.08. The predicted molar refractivity (Wildman–Crippen MR) is 578 cm³/mol. The van der Waals surface area contributed by atoms with Crippen molar-refractivity contribution in [2.75, 3.05) is 180 Å². The third-order valence-corrected chi connectivity index (χ3v) is 35.3. The highest BCUT2D eigenvalue weighted by Gasteiger charge is 2.39. The highest BCUT2D eigenvalue weighted by atomic mass is 16.5. The summed E-state index contributed by atoms with van der Waals surface area (Å²) in [5.41, 5.74) is 7.51. The first-order valence-electron chi connectivity index (χ1n) is 56.0. The maximum atomic E-state index is 14.1. The fourth-order valence-corrected chi connectivity index (χ4v) is 25.1. The minimum atomic E-state index is -0.277. The van der Waals surface area contributed by atoms with Gasteiger partial charge in [-0.3, -0.25) is 57.0 Å². The molecule has 16 aliphatic rings. The van der Waals surface area contributed by atoms with Crippen molar-refractivity contribution in [2.45, 2.75) is 273 Å². The molecule has 8 aromatic heterocycles. The number of aromatic nitrogens is 12. The Morgan fingerprint density at radius 3 is 0.904 bits per heavy atom. The number of anilines is 7. The number of hydrogen-bond acceptors (Lipinski definition) is 29. The number of piperazine rings is 3. The van der Waals surface area contributed by atoms with Crippen LogP contribution in [0.15, 0.2) is 117 Å². The van der Waals surface area contributed by atoms with Crippen molar-refractivity contribution in [1.29, 1.82) is 0 Å². The minimum absolute atomic E-state index is 0.0165. The van der Waals surface area contributed by atoms with E-state index in [1.54, 1.807) is 0 Å². The zero-order valence-corrected chi connectivity index (χ0v) is 85.3. The maximum Gasteiger partial charge on any atom is 0.260 e. The van der Waals surface area contributed by atoms with E-state index in [9.17, 15) is 39.6 Å². The number of benzene rings is 4. The average molecular weight is 1990 g/mol. The molecule has 774 valence electrons. The SMILES string of the molecule is CC(C)N1CCN(c2ccc3c(c2)c(=O)n(C2CCC(O)CC2)c2nc(NCC4CC4)ncc32)CC1.O=c1c2cc(CN3CCN4CCC3CC4)ccc2c2cnc(NCC3CC3)nc2n1C1CCC(O)CC1.O=c1c2cc(N3CCN(C4CC4)CC3)ccc2c2cnc(NCC3CC3)nc2n1C1CCC(O)CC1.O=c1c2cc(N3CCN(C4COC4)CC3)ccc2c2cnc(NCC3CC3)nc2n1C1CCC(O)CC1. The number of nitrogens with zero attached hydrogens (tertiary/aromatic N) is 20. The lowest BCUT2D eigenvalue weighted by Crippen LogP contribution is -2.56. The fourth-order valence-electron chi connectivity index (χ4n) is 25.1. The largest absolute Gasteiger partial charge is 0.393 e. The third-order valence-electron chi connectivity index (χ3n) is 35.3. The van der Waals surface area contributed by atoms with Crippen LogP contribution >= 0.6 is 0 Å². The number of piperidine rings is 1. The van der Waals surface area contributed by atoms with Gasteiger partial charge in [0.25, 0.3) is 22.2 Å². The monoisotopic (exact) mass is 1990 g/mol. The first kappa shape index (κ1) is 97.4. The second kappa shape index (κ2) is 42.4. The normalized spacial score (nSPS) is 25.8. The Morgan fingerprint density at radius 2 is 0.603 bits per heavy atom. The molecule has 9 saturated carbocycles. The first-order valence-corrected chi connectivity index (χ1v) is 56.0. The Hall–Kier alpha value is -10.7. The molecule has 33 nitrogen and oxygen atoms in total. The van der Waals surface area contributed by atoms with Crippen LogP contribution in [0.25, 0.3) is 87.2 Å². The molecule has 2 bridgehead atoms. The van der Waals surface area contributed by atoms with Crippen LogP contribution in [0.2, 0.25) is 0 Å². The summed E-state index contributed by atoms with van der Waals surface area (Å²) in [7, 11) is 0. The van der Waals surface area contributed by atoms with Crippen LogP contribution < -0.4 is 58.2 Å². The Morgan fingerprint density at radius 1 is 0.301 bits per heavy atom. The molecule has 15 heterocycles. The van der Waals surface area contributed by atoms with Gasteiger partial charge in [-0.2, -0.15) is 19.9 Å². The second-order valence-corrected chi connectivity index (χ2v) is 45.8. The van der Waals surface area contributed by atoms with Crippen molar-refractivity contribution in [3.63, 3.8) is 0 Å². The molecule has 0 spiro atoms. The Bertz CT molecular complexity index is 6790. The van der Waals surface area contributed by atoms with Crippen LogP contribution in [-0.2, 0) is 11.3 Å². The summed E-state index contributed by atoms with van der Waals surface area (Å²) in [6.45, 7) is 27.4. The molecule has 33 heteroatoms. The Labute approximate surface area is 852 Å². The summed E-state index contributed by atoms with van der Waals surface area (Å²) < 4.78 is 13.0. The van der Waals surface area contributed by atoms with E-state index in [2.05, 4.69) is 167 Å². The lowest BCUT2D eigenvalue weighted by atomic mass is 9.92. The van der Waals surface area contributed by atoms with Gasteiger partial charge in [0.2, 0.25) is 23.8 Å². The van der Waals surface area contributed by atoms with Gasteiger partial charge >= 0.3 is 0 Å². The topological polar surface area (TPSA) is 355 Å². The number of rotatable bonds is 24. The molecule has 7 aliphatic heterocycles. The van der Waals surface area contributed by atoms with Gasteiger partial charge in [-0.15, -0.1) is 0 Å². The van der Waals surface area contributed by atoms with E-state index in [4.69, 9.17) is 24.7 Å². The van der Waals surface area contributed by atoms with E-state index < -0.39 is 0 Å². The van der Waals surface area contributed by atoms with Crippen LogP contribution in [-0.4, -0.2) is 296 Å². The summed E-state index contributed by atoms with van der Waals surface area (Å²) in [4.78, 5) is 115. The summed E-state index contributed by atoms with van der Waals surface area (Å²) in [5.74, 6) is 5.24. The highest BCUT2D eigenvalue weighted by Crippen LogP contribution is 2.43. The van der Waals surface area contributed by atoms with Crippen LogP contribution in [0.3, 0.4) is 0 Å². The van der Waals surface area contributed by atoms with E-state index >= 15 is 0 Å². The van der Waals surface area contributed by atoms with Gasteiger partial charge in [0.1, 0.15) is 22.6 Å². The Balaban J connectivity index is 0.000000104. The van der Waals surface area contributed by atoms with E-state index in [1.807, 2.05) is 43.1 Å². The zero-order valence-electron chi connectivity index (χ0n) is 85.3. The molecule has 28 rings (SSSR count). The van der Waals surface area contributed by atoms with Crippen molar-refractivity contribution in [3.05, 3.63) is 145 Å².